The molecule has 0 radical (unpaired) electrons. The molecule has 2 N–H and O–H groups in total. The first-order chi connectivity index (χ1) is 9.22. The third kappa shape index (κ3) is 3.61. The lowest BCUT2D eigenvalue weighted by molar-refractivity contribution is -0.120. The third-order valence-electron chi connectivity index (χ3n) is 3.29. The van der Waals surface area contributed by atoms with Gasteiger partial charge in [0, 0.05) is 30.4 Å². The van der Waals surface area contributed by atoms with Gasteiger partial charge in [-0.05, 0) is 19.4 Å². The fraction of sp³-hybridized carbons (Fsp3) is 0.500. The summed E-state index contributed by atoms with van der Waals surface area (Å²) in [6.07, 6.45) is 1.97. The van der Waals surface area contributed by atoms with Crippen LogP contribution in [-0.2, 0) is 4.79 Å². The zero-order valence-corrected chi connectivity index (χ0v) is 11.4. The third-order valence-corrected chi connectivity index (χ3v) is 3.29. The van der Waals surface area contributed by atoms with E-state index in [-0.39, 0.29) is 11.8 Å². The van der Waals surface area contributed by atoms with Crippen LogP contribution in [0, 0.1) is 5.92 Å². The normalized spacial score (nSPS) is 18.7. The van der Waals surface area contributed by atoms with E-state index in [1.54, 1.807) is 32.4 Å². The fourth-order valence-electron chi connectivity index (χ4n) is 2.20. The highest BCUT2D eigenvalue weighted by Gasteiger charge is 2.21. The van der Waals surface area contributed by atoms with E-state index in [1.807, 2.05) is 0 Å². The summed E-state index contributed by atoms with van der Waals surface area (Å²) >= 11 is 0. The first kappa shape index (κ1) is 13.7. The van der Waals surface area contributed by atoms with Crippen molar-refractivity contribution in [3.63, 3.8) is 0 Å². The van der Waals surface area contributed by atoms with Gasteiger partial charge in [0.15, 0.2) is 0 Å². The van der Waals surface area contributed by atoms with Crippen LogP contribution in [0.25, 0.3) is 0 Å². The van der Waals surface area contributed by atoms with Gasteiger partial charge in [0.25, 0.3) is 0 Å². The molecule has 19 heavy (non-hydrogen) atoms. The molecular weight excluding hydrogens is 244 g/mol. The lowest BCUT2D eigenvalue weighted by Gasteiger charge is -2.22. The maximum Gasteiger partial charge on any atom is 0.228 e. The Labute approximate surface area is 113 Å². The summed E-state index contributed by atoms with van der Waals surface area (Å²) in [5, 5.41) is 6.16. The molecule has 1 fully saturated rings. The molecule has 0 aliphatic carbocycles. The maximum absolute atomic E-state index is 12.1. The highest BCUT2D eigenvalue weighted by Crippen LogP contribution is 2.26. The number of nitrogens with one attached hydrogen (secondary N) is 2. The summed E-state index contributed by atoms with van der Waals surface area (Å²) in [4.78, 5) is 12.1. The Hall–Kier alpha value is -1.75. The molecule has 1 saturated heterocycles. The van der Waals surface area contributed by atoms with Crippen LogP contribution in [0.1, 0.15) is 12.8 Å². The van der Waals surface area contributed by atoms with Gasteiger partial charge >= 0.3 is 0 Å². The quantitative estimate of drug-likeness (QED) is 0.868. The van der Waals surface area contributed by atoms with Crippen LogP contribution in [0.2, 0.25) is 0 Å². The summed E-state index contributed by atoms with van der Waals surface area (Å²) < 4.78 is 10.4. The molecule has 2 rings (SSSR count). The van der Waals surface area contributed by atoms with Crippen molar-refractivity contribution in [2.24, 2.45) is 5.92 Å². The molecule has 0 aromatic heterocycles. The molecular formula is C14H20N2O3. The smallest absolute Gasteiger partial charge is 0.228 e. The van der Waals surface area contributed by atoms with Gasteiger partial charge in [0.05, 0.1) is 20.1 Å². The number of carbonyl (C=O) groups is 1. The minimum absolute atomic E-state index is 0.0333. The first-order valence-electron chi connectivity index (χ1n) is 6.47. The number of methoxy groups -OCH3 is 2. The number of carbonyl (C=O) groups excluding carboxylic acids is 1. The molecule has 0 spiro atoms. The lowest BCUT2D eigenvalue weighted by atomic mass is 9.99. The van der Waals surface area contributed by atoms with E-state index >= 15 is 0 Å². The topological polar surface area (TPSA) is 59.6 Å². The van der Waals surface area contributed by atoms with Gasteiger partial charge in [0.1, 0.15) is 11.5 Å². The monoisotopic (exact) mass is 264 g/mol. The number of hydrogen-bond donors (Lipinski definition) is 2. The highest BCUT2D eigenvalue weighted by atomic mass is 16.5. The highest BCUT2D eigenvalue weighted by molar-refractivity contribution is 5.93. The summed E-state index contributed by atoms with van der Waals surface area (Å²) in [6.45, 7) is 1.74. The number of hydrogen-bond acceptors (Lipinski definition) is 4. The van der Waals surface area contributed by atoms with E-state index < -0.39 is 0 Å². The Kier molecular flexibility index (Phi) is 4.63. The Bertz CT molecular complexity index is 420. The van der Waals surface area contributed by atoms with Gasteiger partial charge in [-0.15, -0.1) is 0 Å². The molecule has 0 bridgehead atoms. The van der Waals surface area contributed by atoms with Crippen LogP contribution in [0.5, 0.6) is 11.5 Å². The van der Waals surface area contributed by atoms with Crippen molar-refractivity contribution in [3.05, 3.63) is 18.2 Å². The van der Waals surface area contributed by atoms with Crippen molar-refractivity contribution in [3.8, 4) is 11.5 Å². The van der Waals surface area contributed by atoms with Gasteiger partial charge in [-0.25, -0.2) is 0 Å². The summed E-state index contributed by atoms with van der Waals surface area (Å²) in [5.41, 5.74) is 0.701. The minimum Gasteiger partial charge on any atom is -0.497 e. The second-order valence-corrected chi connectivity index (χ2v) is 4.63. The van der Waals surface area contributed by atoms with Gasteiger partial charge in [-0.3, -0.25) is 4.79 Å². The Morgan fingerprint density at radius 1 is 1.26 bits per heavy atom. The second-order valence-electron chi connectivity index (χ2n) is 4.63. The molecule has 1 amide bonds. The van der Waals surface area contributed by atoms with E-state index in [1.165, 1.54) is 0 Å². The molecule has 1 atom stereocenters. The molecule has 1 aromatic carbocycles. The van der Waals surface area contributed by atoms with Crippen molar-refractivity contribution in [1.82, 2.24) is 5.32 Å². The van der Waals surface area contributed by atoms with Gasteiger partial charge < -0.3 is 20.1 Å². The molecule has 1 aliphatic heterocycles. The standard InChI is InChI=1S/C14H20N2O3/c1-18-12-6-11(7-13(8-12)19-2)16-14(17)10-4-3-5-15-9-10/h6-8,10,15H,3-5,9H2,1-2H3,(H,16,17)/t10-/m0/s1. The van der Waals surface area contributed by atoms with Crippen molar-refractivity contribution >= 4 is 11.6 Å². The van der Waals surface area contributed by atoms with Crippen LogP contribution in [0.3, 0.4) is 0 Å². The van der Waals surface area contributed by atoms with Crippen LogP contribution in [0.15, 0.2) is 18.2 Å². The molecule has 0 unspecified atom stereocenters. The number of ether oxygens (including phenoxy) is 2. The average Bonchev–Trinajstić information content (AvgIpc) is 2.47. The zero-order valence-electron chi connectivity index (χ0n) is 11.4. The van der Waals surface area contributed by atoms with Crippen molar-refractivity contribution in [1.29, 1.82) is 0 Å². The summed E-state index contributed by atoms with van der Waals surface area (Å²) in [6, 6.07) is 5.35. The van der Waals surface area contributed by atoms with Gasteiger partial charge in [0.2, 0.25) is 5.91 Å². The number of rotatable bonds is 4. The van der Waals surface area contributed by atoms with Crippen molar-refractivity contribution in [2.75, 3.05) is 32.6 Å². The van der Waals surface area contributed by atoms with Crippen LogP contribution < -0.4 is 20.1 Å². The maximum atomic E-state index is 12.1. The number of amides is 1. The molecule has 104 valence electrons. The van der Waals surface area contributed by atoms with Crippen LogP contribution in [0.4, 0.5) is 5.69 Å². The zero-order chi connectivity index (χ0) is 13.7. The van der Waals surface area contributed by atoms with Crippen LogP contribution in [-0.4, -0.2) is 33.2 Å². The summed E-state index contributed by atoms with van der Waals surface area (Å²) in [7, 11) is 3.18. The molecule has 1 aromatic rings. The number of piperidine rings is 1. The first-order valence-corrected chi connectivity index (χ1v) is 6.47. The van der Waals surface area contributed by atoms with Crippen LogP contribution >= 0.6 is 0 Å². The Morgan fingerprint density at radius 3 is 2.47 bits per heavy atom. The van der Waals surface area contributed by atoms with E-state index in [2.05, 4.69) is 10.6 Å². The second kappa shape index (κ2) is 6.43. The largest absolute Gasteiger partial charge is 0.497 e. The molecule has 5 heteroatoms. The number of anilines is 1. The molecule has 5 nitrogen and oxygen atoms in total. The van der Waals surface area contributed by atoms with E-state index in [4.69, 9.17) is 9.47 Å². The Morgan fingerprint density at radius 2 is 1.95 bits per heavy atom. The molecule has 1 aliphatic rings. The van der Waals surface area contributed by atoms with Crippen molar-refractivity contribution < 1.29 is 14.3 Å². The van der Waals surface area contributed by atoms with E-state index in [0.29, 0.717) is 17.2 Å². The summed E-state index contributed by atoms with van der Waals surface area (Å²) in [5.74, 6) is 1.40. The van der Waals surface area contributed by atoms with Gasteiger partial charge in [-0.2, -0.15) is 0 Å². The predicted molar refractivity (Wildman–Crippen MR) is 73.8 cm³/mol. The minimum atomic E-state index is 0.0333. The van der Waals surface area contributed by atoms with Gasteiger partial charge in [-0.1, -0.05) is 0 Å². The van der Waals surface area contributed by atoms with Crippen molar-refractivity contribution in [2.45, 2.75) is 12.8 Å². The SMILES string of the molecule is COc1cc(NC(=O)[C@H]2CCCNC2)cc(OC)c1. The molecule has 0 saturated carbocycles. The fourth-order valence-corrected chi connectivity index (χ4v) is 2.20. The van der Waals surface area contributed by atoms with E-state index in [9.17, 15) is 4.79 Å². The predicted octanol–water partition coefficient (Wildman–Crippen LogP) is 1.64. The molecule has 1 heterocycles. The van der Waals surface area contributed by atoms with E-state index in [0.717, 1.165) is 25.9 Å². The Balaban J connectivity index is 2.06. The number of benzene rings is 1. The lowest BCUT2D eigenvalue weighted by Crippen LogP contribution is -2.37. The average molecular weight is 264 g/mol.